The number of rotatable bonds is 9. The van der Waals surface area contributed by atoms with Crippen LogP contribution in [-0.2, 0) is 33.2 Å². The number of ether oxygens (including phenoxy) is 7. The molecule has 4 heterocycles. The molecule has 4 saturated heterocycles. The third-order valence-corrected chi connectivity index (χ3v) is 8.53. The molecule has 13 N–H and O–H groups in total. The molecule has 4 aliphatic heterocycles. The predicted molar refractivity (Wildman–Crippen MR) is 138 cm³/mol. The highest BCUT2D eigenvalue weighted by atomic mass is 16.8. The first kappa shape index (κ1) is 36.1. The summed E-state index contributed by atoms with van der Waals surface area (Å²) < 4.78 is 38.9. The van der Waals surface area contributed by atoms with Gasteiger partial charge in [-0.2, -0.15) is 0 Å². The van der Waals surface area contributed by atoms with Crippen molar-refractivity contribution < 1.29 is 89.3 Å². The Morgan fingerprint density at radius 1 is 0.455 bits per heavy atom. The van der Waals surface area contributed by atoms with Gasteiger partial charge < -0.3 is 95.1 Å². The van der Waals surface area contributed by atoms with Crippen molar-refractivity contribution in [3.05, 3.63) is 0 Å². The van der Waals surface area contributed by atoms with E-state index in [0.717, 1.165) is 0 Å². The van der Waals surface area contributed by atoms with Crippen molar-refractivity contribution in [2.75, 3.05) is 19.8 Å². The van der Waals surface area contributed by atoms with Crippen molar-refractivity contribution >= 4 is 0 Å². The van der Waals surface area contributed by atoms with Crippen LogP contribution in [0, 0.1) is 0 Å². The summed E-state index contributed by atoms with van der Waals surface area (Å²) in [6.45, 7) is 0.720. The monoisotopic (exact) mass is 647 g/mol. The van der Waals surface area contributed by atoms with Crippen LogP contribution in [0.4, 0.5) is 0 Å². The summed E-state index contributed by atoms with van der Waals surface area (Å²) in [5.41, 5.74) is 5.77. The molecule has 0 bridgehead atoms. The van der Waals surface area contributed by atoms with Gasteiger partial charge in [-0.05, 0) is 13.8 Å². The molecule has 20 atom stereocenters. The van der Waals surface area contributed by atoms with E-state index in [1.807, 2.05) is 0 Å². The molecule has 20 unspecified atom stereocenters. The van der Waals surface area contributed by atoms with Crippen LogP contribution >= 0.6 is 0 Å². The molecule has 44 heavy (non-hydrogen) atoms. The zero-order chi connectivity index (χ0) is 32.6. The molecule has 19 heteroatoms. The lowest BCUT2D eigenvalue weighted by Gasteiger charge is -2.49. The summed E-state index contributed by atoms with van der Waals surface area (Å²) >= 11 is 0. The highest BCUT2D eigenvalue weighted by Gasteiger charge is 2.54. The minimum Gasteiger partial charge on any atom is -0.394 e. The second kappa shape index (κ2) is 15.0. The maximum absolute atomic E-state index is 10.9. The smallest absolute Gasteiger partial charge is 0.187 e. The Morgan fingerprint density at radius 2 is 0.795 bits per heavy atom. The van der Waals surface area contributed by atoms with Crippen molar-refractivity contribution in [3.63, 3.8) is 0 Å². The van der Waals surface area contributed by atoms with Gasteiger partial charge in [-0.15, -0.1) is 0 Å². The first-order valence-electron chi connectivity index (χ1n) is 14.4. The lowest BCUT2D eigenvalue weighted by Crippen LogP contribution is -2.67. The van der Waals surface area contributed by atoms with Crippen LogP contribution in [0.2, 0.25) is 0 Å². The van der Waals surface area contributed by atoms with E-state index < -0.39 is 142 Å². The van der Waals surface area contributed by atoms with Gasteiger partial charge in [-0.1, -0.05) is 0 Å². The first-order valence-corrected chi connectivity index (χ1v) is 14.4. The van der Waals surface area contributed by atoms with Gasteiger partial charge in [0.2, 0.25) is 0 Å². The highest BCUT2D eigenvalue weighted by molar-refractivity contribution is 4.98. The third kappa shape index (κ3) is 7.06. The molecular formula is C25H45NO18. The summed E-state index contributed by atoms with van der Waals surface area (Å²) in [7, 11) is 0. The quantitative estimate of drug-likeness (QED) is 0.111. The maximum atomic E-state index is 10.9. The average molecular weight is 648 g/mol. The molecule has 0 amide bonds. The molecule has 0 radical (unpaired) electrons. The van der Waals surface area contributed by atoms with Gasteiger partial charge in [0.25, 0.3) is 0 Å². The zero-order valence-electron chi connectivity index (χ0n) is 24.0. The second-order valence-corrected chi connectivity index (χ2v) is 11.5. The standard InChI is InChI=1S/C25H45NO18/c1-6-11(26)13(31)17(35)23(39-6)42-21-9(4-28)40-25(18(36)15(21)33)44-22-10(5-29)41-24(19(37)16(22)34)43-20-8(3-27)38-7(2)12(30)14(20)32/h6-25,27-37H,3-5,26H2,1-2H3. The molecular weight excluding hydrogens is 602 g/mol. The number of hydrogen-bond acceptors (Lipinski definition) is 19. The van der Waals surface area contributed by atoms with Crippen LogP contribution in [0.1, 0.15) is 13.8 Å². The van der Waals surface area contributed by atoms with E-state index >= 15 is 0 Å². The van der Waals surface area contributed by atoms with Crippen molar-refractivity contribution in [1.29, 1.82) is 0 Å². The number of hydrogen-bond donors (Lipinski definition) is 12. The van der Waals surface area contributed by atoms with E-state index in [2.05, 4.69) is 0 Å². The van der Waals surface area contributed by atoms with E-state index in [1.165, 1.54) is 13.8 Å². The topological polar surface area (TPSA) is 313 Å². The Bertz CT molecular complexity index is 901. The van der Waals surface area contributed by atoms with Gasteiger partial charge in [0.1, 0.15) is 85.5 Å². The summed E-state index contributed by atoms with van der Waals surface area (Å²) in [4.78, 5) is 0. The van der Waals surface area contributed by atoms with Crippen LogP contribution in [0.25, 0.3) is 0 Å². The number of aliphatic hydroxyl groups excluding tert-OH is 11. The average Bonchev–Trinajstić information content (AvgIpc) is 3.01. The predicted octanol–water partition coefficient (Wildman–Crippen LogP) is -7.68. The first-order chi connectivity index (χ1) is 20.7. The molecule has 0 aromatic rings. The Morgan fingerprint density at radius 3 is 1.20 bits per heavy atom. The van der Waals surface area contributed by atoms with Gasteiger partial charge in [-0.3, -0.25) is 0 Å². The third-order valence-electron chi connectivity index (χ3n) is 8.53. The Hall–Kier alpha value is -0.760. The lowest BCUT2D eigenvalue weighted by atomic mass is 9.94. The molecule has 258 valence electrons. The molecule has 0 aromatic carbocycles. The number of aliphatic hydroxyl groups is 11. The molecule has 19 nitrogen and oxygen atoms in total. The highest BCUT2D eigenvalue weighted by Crippen LogP contribution is 2.34. The Balaban J connectivity index is 1.43. The zero-order valence-corrected chi connectivity index (χ0v) is 24.0. The van der Waals surface area contributed by atoms with Gasteiger partial charge in [0, 0.05) is 0 Å². The fraction of sp³-hybridized carbons (Fsp3) is 1.00. The normalized spacial score (nSPS) is 53.9. The SMILES string of the molecule is CC1OC(OC2C(CO)OC(OC3C(CO)OC(OC4C(CO)OC(C)C(O)C4O)C(O)C3O)C(O)C2O)C(O)C(O)C1N. The molecule has 0 aromatic heterocycles. The summed E-state index contributed by atoms with van der Waals surface area (Å²) in [6.07, 6.45) is -28.9. The Kier molecular flexibility index (Phi) is 12.3. The van der Waals surface area contributed by atoms with Crippen LogP contribution in [0.5, 0.6) is 0 Å². The molecule has 0 spiro atoms. The maximum Gasteiger partial charge on any atom is 0.187 e. The van der Waals surface area contributed by atoms with Gasteiger partial charge >= 0.3 is 0 Å². The van der Waals surface area contributed by atoms with Crippen LogP contribution in [0.3, 0.4) is 0 Å². The summed E-state index contributed by atoms with van der Waals surface area (Å²) in [5, 5.41) is 114. The lowest BCUT2D eigenvalue weighted by molar-refractivity contribution is -0.382. The van der Waals surface area contributed by atoms with Crippen molar-refractivity contribution in [3.8, 4) is 0 Å². The minimum atomic E-state index is -1.92. The van der Waals surface area contributed by atoms with E-state index in [9.17, 15) is 56.2 Å². The molecule has 4 aliphatic rings. The fourth-order valence-corrected chi connectivity index (χ4v) is 5.73. The molecule has 0 saturated carbocycles. The van der Waals surface area contributed by atoms with E-state index in [4.69, 9.17) is 38.9 Å². The van der Waals surface area contributed by atoms with Crippen LogP contribution < -0.4 is 5.73 Å². The summed E-state index contributed by atoms with van der Waals surface area (Å²) in [6, 6.07) is -0.939. The van der Waals surface area contributed by atoms with Crippen molar-refractivity contribution in [2.24, 2.45) is 5.73 Å². The van der Waals surface area contributed by atoms with Gasteiger partial charge in [0.05, 0.1) is 38.1 Å². The van der Waals surface area contributed by atoms with E-state index in [0.29, 0.717) is 0 Å². The number of nitrogens with two attached hydrogens (primary N) is 1. The molecule has 4 fully saturated rings. The van der Waals surface area contributed by atoms with Gasteiger partial charge in [0.15, 0.2) is 18.9 Å². The molecule has 0 aliphatic carbocycles. The largest absolute Gasteiger partial charge is 0.394 e. The van der Waals surface area contributed by atoms with Crippen LogP contribution in [-0.4, -0.2) is 199 Å². The minimum absolute atomic E-state index is 0.631. The Labute approximate surface area is 251 Å². The van der Waals surface area contributed by atoms with Gasteiger partial charge in [-0.25, -0.2) is 0 Å². The molecule has 4 rings (SSSR count). The van der Waals surface area contributed by atoms with E-state index in [-0.39, 0.29) is 0 Å². The van der Waals surface area contributed by atoms with Crippen molar-refractivity contribution in [2.45, 2.75) is 136 Å². The fourth-order valence-electron chi connectivity index (χ4n) is 5.73. The van der Waals surface area contributed by atoms with Crippen LogP contribution in [0.15, 0.2) is 0 Å². The van der Waals surface area contributed by atoms with Crippen molar-refractivity contribution in [1.82, 2.24) is 0 Å². The van der Waals surface area contributed by atoms with E-state index in [1.54, 1.807) is 0 Å². The summed E-state index contributed by atoms with van der Waals surface area (Å²) in [5.74, 6) is 0. The second-order valence-electron chi connectivity index (χ2n) is 11.5.